The predicted molar refractivity (Wildman–Crippen MR) is 106 cm³/mol. The lowest BCUT2D eigenvalue weighted by Crippen LogP contribution is -2.47. The Bertz CT molecular complexity index is 976. The fourth-order valence-electron chi connectivity index (χ4n) is 2.98. The van der Waals surface area contributed by atoms with E-state index in [1.165, 1.54) is 19.2 Å². The summed E-state index contributed by atoms with van der Waals surface area (Å²) in [5.74, 6) is -0.979. The Morgan fingerprint density at radius 3 is 2.28 bits per heavy atom. The molecule has 29 heavy (non-hydrogen) atoms. The third kappa shape index (κ3) is 4.21. The first-order chi connectivity index (χ1) is 13.8. The van der Waals surface area contributed by atoms with Gasteiger partial charge in [0, 0.05) is 18.0 Å². The molecule has 1 aromatic carbocycles. The first-order valence-electron chi connectivity index (χ1n) is 9.38. The van der Waals surface area contributed by atoms with Crippen LogP contribution >= 0.6 is 0 Å². The van der Waals surface area contributed by atoms with Crippen LogP contribution < -0.4 is 15.5 Å². The zero-order valence-electron chi connectivity index (χ0n) is 16.5. The Balaban J connectivity index is 1.63. The maximum absolute atomic E-state index is 12.5. The number of nitrogens with one attached hydrogen (secondary N) is 2. The van der Waals surface area contributed by atoms with Crippen LogP contribution in [0.15, 0.2) is 41.3 Å². The highest BCUT2D eigenvalue weighted by atomic mass is 16.5. The van der Waals surface area contributed by atoms with Crippen molar-refractivity contribution in [1.82, 2.24) is 15.2 Å². The molecule has 2 heterocycles. The van der Waals surface area contributed by atoms with Crippen LogP contribution in [0.25, 0.3) is 0 Å². The molecule has 1 unspecified atom stereocenters. The summed E-state index contributed by atoms with van der Waals surface area (Å²) < 4.78 is 5.43. The maximum atomic E-state index is 12.5. The van der Waals surface area contributed by atoms with Gasteiger partial charge in [-0.3, -0.25) is 24.1 Å². The molecule has 2 aromatic rings. The number of pyridine rings is 1. The van der Waals surface area contributed by atoms with E-state index < -0.39 is 23.8 Å². The van der Waals surface area contributed by atoms with Crippen molar-refractivity contribution in [3.05, 3.63) is 63.6 Å². The molecule has 0 bridgehead atoms. The van der Waals surface area contributed by atoms with E-state index in [0.717, 1.165) is 4.90 Å². The summed E-state index contributed by atoms with van der Waals surface area (Å²) in [6.45, 7) is 5.92. The zero-order chi connectivity index (χ0) is 21.1. The number of hydrogen-bond acceptors (Lipinski definition) is 5. The summed E-state index contributed by atoms with van der Waals surface area (Å²) in [5, 5.41) is 2.64. The minimum atomic E-state index is -0.984. The van der Waals surface area contributed by atoms with Crippen molar-refractivity contribution in [2.45, 2.75) is 33.4 Å². The quantitative estimate of drug-likeness (QED) is 0.692. The van der Waals surface area contributed by atoms with Gasteiger partial charge >= 0.3 is 0 Å². The van der Waals surface area contributed by atoms with Crippen LogP contribution in [0.1, 0.15) is 47.2 Å². The third-order valence-electron chi connectivity index (χ3n) is 4.55. The first-order valence-corrected chi connectivity index (χ1v) is 9.38. The average molecular weight is 397 g/mol. The normalized spacial score (nSPS) is 14.1. The Labute approximate surface area is 167 Å². The maximum Gasteiger partial charge on any atom is 0.262 e. The molecule has 8 heteroatoms. The highest BCUT2D eigenvalue weighted by Gasteiger charge is 2.40. The lowest BCUT2D eigenvalue weighted by Gasteiger charge is -2.21. The molecule has 0 saturated heterocycles. The van der Waals surface area contributed by atoms with Crippen LogP contribution in [-0.2, 0) is 11.3 Å². The largest absolute Gasteiger partial charge is 0.488 e. The lowest BCUT2D eigenvalue weighted by atomic mass is 10.1. The van der Waals surface area contributed by atoms with E-state index in [1.54, 1.807) is 24.3 Å². The summed E-state index contributed by atoms with van der Waals surface area (Å²) in [5.41, 5.74) is 0.772. The van der Waals surface area contributed by atoms with Crippen LogP contribution in [0.2, 0.25) is 0 Å². The van der Waals surface area contributed by atoms with Gasteiger partial charge in [-0.2, -0.15) is 0 Å². The van der Waals surface area contributed by atoms with Gasteiger partial charge in [0.05, 0.1) is 24.3 Å². The number of fused-ring (bicyclic) bond motifs is 1. The number of carbonyl (C=O) groups excluding carboxylic acids is 3. The standard InChI is InChI=1S/C21H23N3O5/c1-12(2)11-29-18-10-22-14(8-17(18)25)9-23-19(26)13(3)24-20(27)15-6-4-5-7-16(15)21(24)28/h4-8,10,12-13H,9,11H2,1-3H3,(H,22,25)(H,23,26). The molecule has 0 radical (unpaired) electrons. The number of ether oxygens (including phenoxy) is 1. The summed E-state index contributed by atoms with van der Waals surface area (Å²) in [4.78, 5) is 53.4. The van der Waals surface area contributed by atoms with Crippen molar-refractivity contribution in [3.63, 3.8) is 0 Å². The molecule has 3 rings (SSSR count). The number of aromatic nitrogens is 1. The van der Waals surface area contributed by atoms with Crippen molar-refractivity contribution in [1.29, 1.82) is 0 Å². The first kappa shape index (κ1) is 20.3. The molecule has 1 aliphatic heterocycles. The zero-order valence-corrected chi connectivity index (χ0v) is 16.5. The fourth-order valence-corrected chi connectivity index (χ4v) is 2.98. The molecule has 0 aliphatic carbocycles. The second-order valence-electron chi connectivity index (χ2n) is 7.31. The van der Waals surface area contributed by atoms with Gasteiger partial charge in [0.1, 0.15) is 6.04 Å². The van der Waals surface area contributed by atoms with Gasteiger partial charge in [0.15, 0.2) is 5.75 Å². The Morgan fingerprint density at radius 1 is 1.10 bits per heavy atom. The number of imide groups is 1. The van der Waals surface area contributed by atoms with Crippen molar-refractivity contribution < 1.29 is 19.1 Å². The Hall–Kier alpha value is -3.42. The highest BCUT2D eigenvalue weighted by molar-refractivity contribution is 6.22. The molecule has 2 N–H and O–H groups in total. The van der Waals surface area contributed by atoms with Gasteiger partial charge in [0.2, 0.25) is 11.3 Å². The van der Waals surface area contributed by atoms with Crippen LogP contribution in [0.4, 0.5) is 0 Å². The Kier molecular flexibility index (Phi) is 5.81. The number of nitrogens with zero attached hydrogens (tertiary/aromatic N) is 1. The predicted octanol–water partition coefficient (Wildman–Crippen LogP) is 1.71. The summed E-state index contributed by atoms with van der Waals surface area (Å²) in [6, 6.07) is 6.83. The van der Waals surface area contributed by atoms with Crippen LogP contribution in [0, 0.1) is 5.92 Å². The summed E-state index contributed by atoms with van der Waals surface area (Å²) in [6.07, 6.45) is 1.46. The van der Waals surface area contributed by atoms with E-state index in [4.69, 9.17) is 4.74 Å². The molecule has 8 nitrogen and oxygen atoms in total. The highest BCUT2D eigenvalue weighted by Crippen LogP contribution is 2.24. The third-order valence-corrected chi connectivity index (χ3v) is 4.55. The van der Waals surface area contributed by atoms with E-state index in [9.17, 15) is 19.2 Å². The van der Waals surface area contributed by atoms with Gasteiger partial charge in [-0.25, -0.2) is 0 Å². The smallest absolute Gasteiger partial charge is 0.262 e. The molecular weight excluding hydrogens is 374 g/mol. The number of hydrogen-bond donors (Lipinski definition) is 2. The van der Waals surface area contributed by atoms with E-state index >= 15 is 0 Å². The molecule has 152 valence electrons. The molecule has 1 atom stereocenters. The molecule has 0 saturated carbocycles. The molecular formula is C21H23N3O5. The topological polar surface area (TPSA) is 109 Å². The van der Waals surface area contributed by atoms with Crippen molar-refractivity contribution >= 4 is 17.7 Å². The van der Waals surface area contributed by atoms with Crippen molar-refractivity contribution in [2.75, 3.05) is 6.61 Å². The summed E-state index contributed by atoms with van der Waals surface area (Å²) >= 11 is 0. The van der Waals surface area contributed by atoms with Crippen molar-refractivity contribution in [3.8, 4) is 5.75 Å². The number of rotatable bonds is 7. The van der Waals surface area contributed by atoms with E-state index in [-0.39, 0.29) is 23.6 Å². The second kappa shape index (κ2) is 8.30. The molecule has 1 aliphatic rings. The molecule has 3 amide bonds. The lowest BCUT2D eigenvalue weighted by molar-refractivity contribution is -0.124. The summed E-state index contributed by atoms with van der Waals surface area (Å²) in [7, 11) is 0. The van der Waals surface area contributed by atoms with Crippen LogP contribution in [0.3, 0.4) is 0 Å². The van der Waals surface area contributed by atoms with Gasteiger partial charge in [-0.05, 0) is 25.0 Å². The van der Waals surface area contributed by atoms with E-state index in [1.807, 2.05) is 13.8 Å². The molecule has 0 fully saturated rings. The van der Waals surface area contributed by atoms with Gasteiger partial charge < -0.3 is 15.0 Å². The molecule has 0 spiro atoms. The number of H-pyrrole nitrogens is 1. The minimum Gasteiger partial charge on any atom is -0.488 e. The van der Waals surface area contributed by atoms with Crippen LogP contribution in [0.5, 0.6) is 5.75 Å². The van der Waals surface area contributed by atoms with Crippen molar-refractivity contribution in [2.24, 2.45) is 5.92 Å². The van der Waals surface area contributed by atoms with Gasteiger partial charge in [-0.1, -0.05) is 26.0 Å². The van der Waals surface area contributed by atoms with E-state index in [0.29, 0.717) is 23.4 Å². The second-order valence-corrected chi connectivity index (χ2v) is 7.31. The number of benzene rings is 1. The van der Waals surface area contributed by atoms with Gasteiger partial charge in [-0.15, -0.1) is 0 Å². The SMILES string of the molecule is CC(C)COc1c[nH]c(CNC(=O)C(C)N2C(=O)c3ccccc3C2=O)cc1=O. The van der Waals surface area contributed by atoms with Gasteiger partial charge in [0.25, 0.3) is 11.8 Å². The van der Waals surface area contributed by atoms with Crippen LogP contribution in [-0.4, -0.2) is 40.3 Å². The monoisotopic (exact) mass is 397 g/mol. The fraction of sp³-hybridized carbons (Fsp3) is 0.333. The Morgan fingerprint density at radius 2 is 1.72 bits per heavy atom. The van der Waals surface area contributed by atoms with E-state index in [2.05, 4.69) is 10.3 Å². The number of aromatic amines is 1. The molecule has 1 aromatic heterocycles. The number of carbonyl (C=O) groups is 3. The average Bonchev–Trinajstić information content (AvgIpc) is 2.95. The minimum absolute atomic E-state index is 0.0477. The number of amides is 3.